The minimum absolute atomic E-state index is 0.638. The van der Waals surface area contributed by atoms with Gasteiger partial charge in [-0.1, -0.05) is 63.6 Å². The third-order valence-corrected chi connectivity index (χ3v) is 5.01. The summed E-state index contributed by atoms with van der Waals surface area (Å²) in [5.74, 6) is 1.68. The first kappa shape index (κ1) is 18.6. The Kier molecular flexibility index (Phi) is 7.36. The predicted octanol–water partition coefficient (Wildman–Crippen LogP) is 6.34. The van der Waals surface area contributed by atoms with Gasteiger partial charge in [-0.05, 0) is 66.3 Å². The van der Waals surface area contributed by atoms with Crippen LogP contribution in [0.1, 0.15) is 68.2 Å². The van der Waals surface area contributed by atoms with Gasteiger partial charge in [0.1, 0.15) is 5.75 Å². The molecule has 0 saturated heterocycles. The molecule has 1 heteroatoms. The van der Waals surface area contributed by atoms with E-state index >= 15 is 0 Å². The Morgan fingerprint density at radius 2 is 1.42 bits per heavy atom. The molecule has 2 rings (SSSR count). The topological polar surface area (TPSA) is 9.23 Å². The molecule has 0 amide bonds. The molecular weight excluding hydrogens is 292 g/mol. The Labute approximate surface area is 148 Å². The van der Waals surface area contributed by atoms with Gasteiger partial charge in [-0.2, -0.15) is 0 Å². The fourth-order valence-electron chi connectivity index (χ4n) is 3.42. The molecule has 0 saturated carbocycles. The lowest BCUT2D eigenvalue weighted by Crippen LogP contribution is -2.00. The van der Waals surface area contributed by atoms with Gasteiger partial charge in [-0.3, -0.25) is 0 Å². The SMILES string of the molecule is CCCc1ccc(CCc2ccc(C(CC)CC)cc2OC)cc1. The summed E-state index contributed by atoms with van der Waals surface area (Å²) in [6.07, 6.45) is 6.84. The summed E-state index contributed by atoms with van der Waals surface area (Å²) in [5.41, 5.74) is 5.56. The van der Waals surface area contributed by atoms with E-state index in [1.54, 1.807) is 7.11 Å². The zero-order valence-corrected chi connectivity index (χ0v) is 15.8. The van der Waals surface area contributed by atoms with Crippen LogP contribution in [0.2, 0.25) is 0 Å². The maximum Gasteiger partial charge on any atom is 0.122 e. The Balaban J connectivity index is 2.06. The van der Waals surface area contributed by atoms with Crippen LogP contribution in [0, 0.1) is 0 Å². The van der Waals surface area contributed by atoms with Crippen molar-refractivity contribution in [2.75, 3.05) is 7.11 Å². The van der Waals surface area contributed by atoms with Crippen LogP contribution in [0.4, 0.5) is 0 Å². The van der Waals surface area contributed by atoms with Crippen LogP contribution in [0.3, 0.4) is 0 Å². The fourth-order valence-corrected chi connectivity index (χ4v) is 3.42. The quantitative estimate of drug-likeness (QED) is 0.523. The predicted molar refractivity (Wildman–Crippen MR) is 104 cm³/mol. The molecule has 130 valence electrons. The van der Waals surface area contributed by atoms with Gasteiger partial charge in [0.2, 0.25) is 0 Å². The van der Waals surface area contributed by atoms with Gasteiger partial charge in [0.05, 0.1) is 7.11 Å². The number of aryl methyl sites for hydroxylation is 3. The highest BCUT2D eigenvalue weighted by Crippen LogP contribution is 2.29. The van der Waals surface area contributed by atoms with Crippen LogP contribution in [-0.2, 0) is 19.3 Å². The average molecular weight is 325 g/mol. The zero-order valence-electron chi connectivity index (χ0n) is 15.8. The summed E-state index contributed by atoms with van der Waals surface area (Å²) >= 11 is 0. The van der Waals surface area contributed by atoms with Crippen molar-refractivity contribution in [1.29, 1.82) is 0 Å². The summed E-state index contributed by atoms with van der Waals surface area (Å²) < 4.78 is 5.66. The van der Waals surface area contributed by atoms with Crippen LogP contribution in [0.25, 0.3) is 0 Å². The van der Waals surface area contributed by atoms with E-state index in [9.17, 15) is 0 Å². The number of hydrogen-bond donors (Lipinski definition) is 0. The maximum absolute atomic E-state index is 5.66. The highest BCUT2D eigenvalue weighted by Gasteiger charge is 2.11. The lowest BCUT2D eigenvalue weighted by atomic mass is 9.92. The molecule has 0 N–H and O–H groups in total. The van der Waals surface area contributed by atoms with Crippen molar-refractivity contribution < 1.29 is 4.74 Å². The molecular formula is C23H32O. The molecule has 24 heavy (non-hydrogen) atoms. The minimum Gasteiger partial charge on any atom is -0.496 e. The van der Waals surface area contributed by atoms with Gasteiger partial charge in [0, 0.05) is 0 Å². The summed E-state index contributed by atoms with van der Waals surface area (Å²) in [5, 5.41) is 0. The number of ether oxygens (including phenoxy) is 1. The number of hydrogen-bond acceptors (Lipinski definition) is 1. The summed E-state index contributed by atoms with van der Waals surface area (Å²) in [7, 11) is 1.79. The molecule has 0 atom stereocenters. The van der Waals surface area contributed by atoms with Crippen molar-refractivity contribution in [1.82, 2.24) is 0 Å². The van der Waals surface area contributed by atoms with Gasteiger partial charge >= 0.3 is 0 Å². The second-order valence-corrected chi connectivity index (χ2v) is 6.65. The highest BCUT2D eigenvalue weighted by atomic mass is 16.5. The Morgan fingerprint density at radius 1 is 0.792 bits per heavy atom. The summed E-state index contributed by atoms with van der Waals surface area (Å²) in [4.78, 5) is 0. The molecule has 0 bridgehead atoms. The van der Waals surface area contributed by atoms with E-state index < -0.39 is 0 Å². The van der Waals surface area contributed by atoms with E-state index in [0.29, 0.717) is 5.92 Å². The second-order valence-electron chi connectivity index (χ2n) is 6.65. The normalized spacial score (nSPS) is 11.0. The van der Waals surface area contributed by atoms with Crippen LogP contribution in [-0.4, -0.2) is 7.11 Å². The van der Waals surface area contributed by atoms with Crippen molar-refractivity contribution in [3.63, 3.8) is 0 Å². The van der Waals surface area contributed by atoms with Crippen LogP contribution < -0.4 is 4.74 Å². The first-order valence-electron chi connectivity index (χ1n) is 9.46. The fraction of sp³-hybridized carbons (Fsp3) is 0.478. The number of rotatable bonds is 9. The van der Waals surface area contributed by atoms with Crippen LogP contribution in [0.5, 0.6) is 5.75 Å². The molecule has 0 spiro atoms. The van der Waals surface area contributed by atoms with Gasteiger partial charge in [-0.25, -0.2) is 0 Å². The molecule has 0 aliphatic heterocycles. The standard InChI is InChI=1S/C23H32O/c1-5-8-18-9-11-19(12-10-18)13-14-21-15-16-22(17-23(21)24-4)20(6-2)7-3/h9-12,15-17,20H,5-8,13-14H2,1-4H3. The second kappa shape index (κ2) is 9.52. The van der Waals surface area contributed by atoms with Gasteiger partial charge in [0.25, 0.3) is 0 Å². The lowest BCUT2D eigenvalue weighted by molar-refractivity contribution is 0.408. The third-order valence-electron chi connectivity index (χ3n) is 5.01. The van der Waals surface area contributed by atoms with Crippen molar-refractivity contribution in [2.45, 2.75) is 65.2 Å². The molecule has 2 aromatic rings. The van der Waals surface area contributed by atoms with Gasteiger partial charge in [0.15, 0.2) is 0 Å². The molecule has 0 aliphatic rings. The molecule has 0 unspecified atom stereocenters. The molecule has 0 aliphatic carbocycles. The average Bonchev–Trinajstić information content (AvgIpc) is 2.63. The molecule has 0 aromatic heterocycles. The smallest absolute Gasteiger partial charge is 0.122 e. The number of methoxy groups -OCH3 is 1. The van der Waals surface area contributed by atoms with E-state index in [2.05, 4.69) is 63.2 Å². The van der Waals surface area contributed by atoms with Crippen LogP contribution >= 0.6 is 0 Å². The van der Waals surface area contributed by atoms with E-state index in [-0.39, 0.29) is 0 Å². The van der Waals surface area contributed by atoms with Crippen molar-refractivity contribution >= 4 is 0 Å². The Morgan fingerprint density at radius 3 is 1.96 bits per heavy atom. The maximum atomic E-state index is 5.66. The molecule has 1 nitrogen and oxygen atoms in total. The molecule has 2 aromatic carbocycles. The van der Waals surface area contributed by atoms with Gasteiger partial charge < -0.3 is 4.74 Å². The Hall–Kier alpha value is -1.76. The van der Waals surface area contributed by atoms with E-state index in [1.807, 2.05) is 0 Å². The monoisotopic (exact) mass is 324 g/mol. The van der Waals surface area contributed by atoms with Crippen molar-refractivity contribution in [2.24, 2.45) is 0 Å². The van der Waals surface area contributed by atoms with E-state index in [0.717, 1.165) is 18.6 Å². The third kappa shape index (κ3) is 4.87. The summed E-state index contributed by atoms with van der Waals surface area (Å²) in [6, 6.07) is 15.9. The van der Waals surface area contributed by atoms with E-state index in [1.165, 1.54) is 47.9 Å². The molecule has 0 radical (unpaired) electrons. The molecule has 0 heterocycles. The number of benzene rings is 2. The first-order valence-corrected chi connectivity index (χ1v) is 9.46. The zero-order chi connectivity index (χ0) is 17.4. The van der Waals surface area contributed by atoms with E-state index in [4.69, 9.17) is 4.74 Å². The van der Waals surface area contributed by atoms with Gasteiger partial charge in [-0.15, -0.1) is 0 Å². The van der Waals surface area contributed by atoms with Crippen molar-refractivity contribution in [3.05, 3.63) is 64.7 Å². The largest absolute Gasteiger partial charge is 0.496 e. The Bertz CT molecular complexity index is 608. The molecule has 0 fully saturated rings. The lowest BCUT2D eigenvalue weighted by Gasteiger charge is -2.16. The van der Waals surface area contributed by atoms with Crippen molar-refractivity contribution in [3.8, 4) is 5.75 Å². The minimum atomic E-state index is 0.638. The van der Waals surface area contributed by atoms with Crippen LogP contribution in [0.15, 0.2) is 42.5 Å². The first-order chi connectivity index (χ1) is 11.7. The highest BCUT2D eigenvalue weighted by molar-refractivity contribution is 5.39. The summed E-state index contributed by atoms with van der Waals surface area (Å²) in [6.45, 7) is 6.75.